The second-order valence-electron chi connectivity index (χ2n) is 5.50. The number of nitrogens with two attached hydrogens (primary N) is 1. The fourth-order valence-corrected chi connectivity index (χ4v) is 3.02. The summed E-state index contributed by atoms with van der Waals surface area (Å²) >= 11 is 3.19. The van der Waals surface area contributed by atoms with Crippen LogP contribution < -0.4 is 10.5 Å². The van der Waals surface area contributed by atoms with Crippen molar-refractivity contribution in [1.82, 2.24) is 9.71 Å². The summed E-state index contributed by atoms with van der Waals surface area (Å²) in [7, 11) is -3.65. The van der Waals surface area contributed by atoms with Crippen LogP contribution in [0.25, 0.3) is 0 Å². The Bertz CT molecular complexity index is 556. The zero-order chi connectivity index (χ0) is 14.8. The van der Waals surface area contributed by atoms with Gasteiger partial charge in [-0.05, 0) is 33.3 Å². The van der Waals surface area contributed by atoms with Crippen LogP contribution in [0.1, 0.15) is 27.7 Å². The Kier molecular flexibility index (Phi) is 4.97. The summed E-state index contributed by atoms with van der Waals surface area (Å²) in [5.41, 5.74) is 5.49. The summed E-state index contributed by atoms with van der Waals surface area (Å²) in [4.78, 5) is 3.84. The molecule has 1 heterocycles. The first kappa shape index (κ1) is 16.4. The fourth-order valence-electron chi connectivity index (χ4n) is 1.21. The maximum Gasteiger partial charge on any atom is 0.244 e. The van der Waals surface area contributed by atoms with E-state index in [0.717, 1.165) is 0 Å². The van der Waals surface area contributed by atoms with E-state index in [1.165, 1.54) is 12.3 Å². The predicted octanol–water partition coefficient (Wildman–Crippen LogP) is 2.39. The minimum Gasteiger partial charge on any atom is -0.383 e. The van der Waals surface area contributed by atoms with E-state index in [1.807, 2.05) is 13.8 Å². The van der Waals surface area contributed by atoms with E-state index >= 15 is 0 Å². The number of nitrogens with one attached hydrogen (secondary N) is 1. The number of anilines is 1. The summed E-state index contributed by atoms with van der Waals surface area (Å²) in [6.07, 6.45) is 1.46. The Labute approximate surface area is 123 Å². The summed E-state index contributed by atoms with van der Waals surface area (Å²) in [5.74, 6) is 0.353. The average molecular weight is 350 g/mol. The topological polar surface area (TPSA) is 85.1 Å². The van der Waals surface area contributed by atoms with Crippen molar-refractivity contribution in [3.05, 3.63) is 16.7 Å². The van der Waals surface area contributed by atoms with Crippen LogP contribution in [0, 0.1) is 11.3 Å². The molecule has 0 unspecified atom stereocenters. The van der Waals surface area contributed by atoms with Crippen LogP contribution in [0.2, 0.25) is 0 Å². The van der Waals surface area contributed by atoms with Crippen molar-refractivity contribution in [1.29, 1.82) is 0 Å². The molecule has 1 aromatic rings. The van der Waals surface area contributed by atoms with E-state index < -0.39 is 10.0 Å². The number of nitrogen functional groups attached to an aromatic ring is 1. The third-order valence-corrected chi connectivity index (χ3v) is 5.28. The summed E-state index contributed by atoms with van der Waals surface area (Å²) in [5, 5.41) is 0. The lowest BCUT2D eigenvalue weighted by Crippen LogP contribution is -2.37. The van der Waals surface area contributed by atoms with E-state index in [0.29, 0.717) is 16.9 Å². The van der Waals surface area contributed by atoms with Crippen LogP contribution in [0.15, 0.2) is 21.6 Å². The summed E-state index contributed by atoms with van der Waals surface area (Å²) < 4.78 is 27.6. The van der Waals surface area contributed by atoms with Gasteiger partial charge in [0.15, 0.2) is 0 Å². The number of sulfonamides is 1. The van der Waals surface area contributed by atoms with Crippen LogP contribution in [0.3, 0.4) is 0 Å². The Morgan fingerprint density at radius 3 is 2.58 bits per heavy atom. The van der Waals surface area contributed by atoms with Crippen molar-refractivity contribution in [3.8, 4) is 0 Å². The molecular weight excluding hydrogens is 330 g/mol. The highest BCUT2D eigenvalue weighted by Crippen LogP contribution is 2.26. The van der Waals surface area contributed by atoms with Crippen LogP contribution in [-0.2, 0) is 10.0 Å². The predicted molar refractivity (Wildman–Crippen MR) is 80.2 cm³/mol. The van der Waals surface area contributed by atoms with Gasteiger partial charge in [0.25, 0.3) is 0 Å². The first-order valence-corrected chi connectivity index (χ1v) is 8.24. The largest absolute Gasteiger partial charge is 0.383 e. The van der Waals surface area contributed by atoms with Gasteiger partial charge in [0, 0.05) is 17.2 Å². The lowest BCUT2D eigenvalue weighted by molar-refractivity contribution is 0.252. The number of nitrogens with zero attached hydrogens (tertiary/aromatic N) is 1. The molecule has 0 aliphatic rings. The molecular formula is C12H20BrN3O2S. The van der Waals surface area contributed by atoms with Gasteiger partial charge in [0.05, 0.1) is 0 Å². The number of rotatable bonds is 5. The molecule has 0 saturated carbocycles. The minimum atomic E-state index is -3.65. The van der Waals surface area contributed by atoms with Crippen LogP contribution in [0.5, 0.6) is 0 Å². The quantitative estimate of drug-likeness (QED) is 0.854. The third kappa shape index (κ3) is 4.15. The van der Waals surface area contributed by atoms with Crippen molar-refractivity contribution < 1.29 is 8.42 Å². The summed E-state index contributed by atoms with van der Waals surface area (Å²) in [6.45, 7) is 8.50. The third-order valence-electron chi connectivity index (χ3n) is 3.42. The Morgan fingerprint density at radius 1 is 1.47 bits per heavy atom. The van der Waals surface area contributed by atoms with Gasteiger partial charge in [-0.25, -0.2) is 18.1 Å². The molecule has 1 rings (SSSR count). The van der Waals surface area contributed by atoms with Gasteiger partial charge in [-0.15, -0.1) is 0 Å². The van der Waals surface area contributed by atoms with Crippen molar-refractivity contribution in [2.75, 3.05) is 12.3 Å². The van der Waals surface area contributed by atoms with Gasteiger partial charge in [0.2, 0.25) is 10.0 Å². The molecule has 0 radical (unpaired) electrons. The number of hydrogen-bond acceptors (Lipinski definition) is 4. The number of pyridine rings is 1. The van der Waals surface area contributed by atoms with Crippen molar-refractivity contribution in [2.24, 2.45) is 11.3 Å². The first-order valence-electron chi connectivity index (χ1n) is 5.97. The molecule has 0 spiro atoms. The number of halogens is 1. The highest BCUT2D eigenvalue weighted by molar-refractivity contribution is 9.10. The number of aromatic nitrogens is 1. The van der Waals surface area contributed by atoms with Gasteiger partial charge in [-0.2, -0.15) is 0 Å². The molecule has 0 aliphatic heterocycles. The summed E-state index contributed by atoms with van der Waals surface area (Å²) in [6, 6.07) is 1.45. The maximum absolute atomic E-state index is 12.2. The van der Waals surface area contributed by atoms with E-state index in [4.69, 9.17) is 5.73 Å². The number of hydrogen-bond donors (Lipinski definition) is 2. The molecule has 0 bridgehead atoms. The molecule has 7 heteroatoms. The molecule has 5 nitrogen and oxygen atoms in total. The Morgan fingerprint density at radius 2 is 2.05 bits per heavy atom. The van der Waals surface area contributed by atoms with Gasteiger partial charge >= 0.3 is 0 Å². The molecule has 0 aromatic carbocycles. The van der Waals surface area contributed by atoms with Crippen LogP contribution in [0.4, 0.5) is 5.82 Å². The van der Waals surface area contributed by atoms with Gasteiger partial charge in [0.1, 0.15) is 10.7 Å². The second-order valence-corrected chi connectivity index (χ2v) is 8.16. The SMILES string of the molecule is CC(C)C(C)(C)CNS(=O)(=O)c1cc(Br)cnc1N. The average Bonchev–Trinajstić information content (AvgIpc) is 2.30. The highest BCUT2D eigenvalue weighted by atomic mass is 79.9. The molecule has 108 valence electrons. The minimum absolute atomic E-state index is 0.00133. The van der Waals surface area contributed by atoms with E-state index in [1.54, 1.807) is 0 Å². The fraction of sp³-hybridized carbons (Fsp3) is 0.583. The van der Waals surface area contributed by atoms with Crippen molar-refractivity contribution in [3.63, 3.8) is 0 Å². The first-order chi connectivity index (χ1) is 8.56. The lowest BCUT2D eigenvalue weighted by Gasteiger charge is -2.29. The van der Waals surface area contributed by atoms with Crippen LogP contribution in [-0.4, -0.2) is 19.9 Å². The standard InChI is InChI=1S/C12H20BrN3O2S/c1-8(2)12(3,4)7-16-19(17,18)10-5-9(13)6-15-11(10)14/h5-6,8,16H,7H2,1-4H3,(H2,14,15). The van der Waals surface area contributed by atoms with E-state index in [-0.39, 0.29) is 16.1 Å². The lowest BCUT2D eigenvalue weighted by atomic mass is 9.81. The van der Waals surface area contributed by atoms with Gasteiger partial charge in [-0.1, -0.05) is 27.7 Å². The molecule has 0 atom stereocenters. The zero-order valence-electron chi connectivity index (χ0n) is 11.6. The molecule has 3 N–H and O–H groups in total. The van der Waals surface area contributed by atoms with E-state index in [2.05, 4.69) is 39.5 Å². The molecule has 0 fully saturated rings. The molecule has 1 aromatic heterocycles. The van der Waals surface area contributed by atoms with Gasteiger partial charge < -0.3 is 5.73 Å². The highest BCUT2D eigenvalue weighted by Gasteiger charge is 2.26. The molecule has 19 heavy (non-hydrogen) atoms. The Balaban J connectivity index is 2.97. The molecule has 0 aliphatic carbocycles. The normalized spacial score (nSPS) is 12.9. The zero-order valence-corrected chi connectivity index (χ0v) is 14.0. The Hall–Kier alpha value is -0.660. The smallest absolute Gasteiger partial charge is 0.244 e. The molecule has 0 amide bonds. The maximum atomic E-state index is 12.2. The van der Waals surface area contributed by atoms with E-state index in [9.17, 15) is 8.42 Å². The monoisotopic (exact) mass is 349 g/mol. The molecule has 0 saturated heterocycles. The van der Waals surface area contributed by atoms with Crippen molar-refractivity contribution in [2.45, 2.75) is 32.6 Å². The van der Waals surface area contributed by atoms with Crippen molar-refractivity contribution >= 4 is 31.8 Å². The van der Waals surface area contributed by atoms with Gasteiger partial charge in [-0.3, -0.25) is 0 Å². The second kappa shape index (κ2) is 5.76. The van der Waals surface area contributed by atoms with Crippen LogP contribution >= 0.6 is 15.9 Å².